The van der Waals surface area contributed by atoms with Gasteiger partial charge in [-0.3, -0.25) is 10.1 Å². The Kier molecular flexibility index (Phi) is 3.94. The molecule has 0 spiro atoms. The minimum atomic E-state index is -0.387. The summed E-state index contributed by atoms with van der Waals surface area (Å²) < 4.78 is 5.30. The van der Waals surface area contributed by atoms with Crippen LogP contribution in [0.5, 0.6) is 0 Å². The molecule has 1 aromatic carbocycles. The zero-order valence-electron chi connectivity index (χ0n) is 10.3. The minimum Gasteiger partial charge on any atom is -0.378 e. The Balaban J connectivity index is 2.08. The first kappa shape index (κ1) is 12.6. The van der Waals surface area contributed by atoms with Crippen LogP contribution in [0.25, 0.3) is 6.08 Å². The Morgan fingerprint density at radius 2 is 1.94 bits per heavy atom. The minimum absolute atomic E-state index is 0.121. The van der Waals surface area contributed by atoms with E-state index >= 15 is 0 Å². The molecule has 0 amide bonds. The summed E-state index contributed by atoms with van der Waals surface area (Å²) in [5, 5.41) is 10.5. The molecule has 96 valence electrons. The summed E-state index contributed by atoms with van der Waals surface area (Å²) in [6.07, 6.45) is 2.04. The highest BCUT2D eigenvalue weighted by atomic mass is 16.6. The first-order chi connectivity index (χ1) is 8.66. The maximum atomic E-state index is 10.5. The number of hydrogen-bond acceptors (Lipinski definition) is 4. The molecule has 0 saturated carbocycles. The Labute approximate surface area is 106 Å². The van der Waals surface area contributed by atoms with Crippen molar-refractivity contribution in [1.29, 1.82) is 0 Å². The van der Waals surface area contributed by atoms with Crippen LogP contribution in [0.3, 0.4) is 0 Å². The third kappa shape index (κ3) is 3.07. The molecule has 18 heavy (non-hydrogen) atoms. The van der Waals surface area contributed by atoms with Crippen molar-refractivity contribution in [3.05, 3.63) is 45.6 Å². The second kappa shape index (κ2) is 5.64. The SMILES string of the molecule is CC(=Cc1ccc([N+](=O)[O-])cc1)N1CCOCC1. The van der Waals surface area contributed by atoms with Crippen LogP contribution in [0.15, 0.2) is 30.0 Å². The van der Waals surface area contributed by atoms with Crippen LogP contribution < -0.4 is 0 Å². The standard InChI is InChI=1S/C13H16N2O3/c1-11(14-6-8-18-9-7-14)10-12-2-4-13(5-3-12)15(16)17/h2-5,10H,6-9H2,1H3. The number of hydrogen-bond donors (Lipinski definition) is 0. The molecule has 0 bridgehead atoms. The lowest BCUT2D eigenvalue weighted by atomic mass is 10.1. The molecular formula is C13H16N2O3. The van der Waals surface area contributed by atoms with Gasteiger partial charge in [-0.15, -0.1) is 0 Å². The molecule has 5 nitrogen and oxygen atoms in total. The second-order valence-corrected chi connectivity index (χ2v) is 4.23. The van der Waals surface area contributed by atoms with E-state index in [4.69, 9.17) is 4.74 Å². The van der Waals surface area contributed by atoms with Crippen LogP contribution in [-0.4, -0.2) is 36.1 Å². The number of allylic oxidation sites excluding steroid dienone is 1. The van der Waals surface area contributed by atoms with Crippen LogP contribution in [-0.2, 0) is 4.74 Å². The van der Waals surface area contributed by atoms with Crippen molar-refractivity contribution in [2.75, 3.05) is 26.3 Å². The van der Waals surface area contributed by atoms with Crippen LogP contribution in [0.2, 0.25) is 0 Å². The predicted molar refractivity (Wildman–Crippen MR) is 69.1 cm³/mol. The van der Waals surface area contributed by atoms with Gasteiger partial charge in [0.25, 0.3) is 5.69 Å². The second-order valence-electron chi connectivity index (χ2n) is 4.23. The molecule has 0 aromatic heterocycles. The maximum absolute atomic E-state index is 10.5. The quantitative estimate of drug-likeness (QED) is 0.608. The summed E-state index contributed by atoms with van der Waals surface area (Å²) >= 11 is 0. The molecule has 0 N–H and O–H groups in total. The highest BCUT2D eigenvalue weighted by Crippen LogP contribution is 2.16. The normalized spacial score (nSPS) is 16.7. The molecule has 0 atom stereocenters. The number of rotatable bonds is 3. The van der Waals surface area contributed by atoms with Crippen molar-refractivity contribution in [3.8, 4) is 0 Å². The van der Waals surface area contributed by atoms with Gasteiger partial charge in [-0.05, 0) is 30.7 Å². The van der Waals surface area contributed by atoms with Crippen molar-refractivity contribution >= 4 is 11.8 Å². The summed E-state index contributed by atoms with van der Waals surface area (Å²) in [5.41, 5.74) is 2.26. The van der Waals surface area contributed by atoms with E-state index in [0.29, 0.717) is 0 Å². The fourth-order valence-electron chi connectivity index (χ4n) is 1.94. The number of nitro groups is 1. The molecule has 1 heterocycles. The zero-order chi connectivity index (χ0) is 13.0. The van der Waals surface area contributed by atoms with Crippen molar-refractivity contribution in [1.82, 2.24) is 4.90 Å². The Bertz CT molecular complexity index is 448. The van der Waals surface area contributed by atoms with E-state index < -0.39 is 0 Å². The number of non-ortho nitro benzene ring substituents is 1. The van der Waals surface area contributed by atoms with E-state index in [1.807, 2.05) is 13.0 Å². The molecule has 2 rings (SSSR count). The van der Waals surface area contributed by atoms with Crippen molar-refractivity contribution in [2.24, 2.45) is 0 Å². The summed E-state index contributed by atoms with van der Waals surface area (Å²) in [4.78, 5) is 12.4. The smallest absolute Gasteiger partial charge is 0.269 e. The van der Waals surface area contributed by atoms with Gasteiger partial charge in [0.1, 0.15) is 0 Å². The highest BCUT2D eigenvalue weighted by Gasteiger charge is 2.10. The summed E-state index contributed by atoms with van der Waals surface area (Å²) in [7, 11) is 0. The lowest BCUT2D eigenvalue weighted by Gasteiger charge is -2.29. The molecule has 1 aromatic rings. The third-order valence-electron chi connectivity index (χ3n) is 2.99. The van der Waals surface area contributed by atoms with Crippen LogP contribution >= 0.6 is 0 Å². The third-order valence-corrected chi connectivity index (χ3v) is 2.99. The van der Waals surface area contributed by atoms with Gasteiger partial charge in [0.2, 0.25) is 0 Å². The molecule has 1 aliphatic heterocycles. The van der Waals surface area contributed by atoms with E-state index in [1.54, 1.807) is 12.1 Å². The predicted octanol–water partition coefficient (Wildman–Crippen LogP) is 2.29. The van der Waals surface area contributed by atoms with Gasteiger partial charge >= 0.3 is 0 Å². The first-order valence-electron chi connectivity index (χ1n) is 5.92. The van der Waals surface area contributed by atoms with Crippen LogP contribution in [0.1, 0.15) is 12.5 Å². The van der Waals surface area contributed by atoms with Gasteiger partial charge in [-0.1, -0.05) is 0 Å². The van der Waals surface area contributed by atoms with E-state index in [2.05, 4.69) is 4.90 Å². The van der Waals surface area contributed by atoms with Gasteiger partial charge in [0, 0.05) is 30.9 Å². The highest BCUT2D eigenvalue weighted by molar-refractivity contribution is 5.54. The summed E-state index contributed by atoms with van der Waals surface area (Å²) in [5.74, 6) is 0. The molecule has 0 radical (unpaired) electrons. The van der Waals surface area contributed by atoms with Gasteiger partial charge in [-0.25, -0.2) is 0 Å². The van der Waals surface area contributed by atoms with Crippen LogP contribution in [0.4, 0.5) is 5.69 Å². The Hall–Kier alpha value is -1.88. The maximum Gasteiger partial charge on any atom is 0.269 e. The number of nitro benzene ring substituents is 1. The monoisotopic (exact) mass is 248 g/mol. The Morgan fingerprint density at radius 3 is 2.50 bits per heavy atom. The molecule has 0 unspecified atom stereocenters. The largest absolute Gasteiger partial charge is 0.378 e. The number of benzene rings is 1. The summed E-state index contributed by atoms with van der Waals surface area (Å²) in [6, 6.07) is 6.58. The Morgan fingerprint density at radius 1 is 1.33 bits per heavy atom. The molecular weight excluding hydrogens is 232 g/mol. The summed E-state index contributed by atoms with van der Waals surface area (Å²) in [6.45, 7) is 5.36. The fourth-order valence-corrected chi connectivity index (χ4v) is 1.94. The average Bonchev–Trinajstić information content (AvgIpc) is 2.40. The number of nitrogens with zero attached hydrogens (tertiary/aromatic N) is 2. The topological polar surface area (TPSA) is 55.6 Å². The molecule has 5 heteroatoms. The van der Waals surface area contributed by atoms with Crippen molar-refractivity contribution in [2.45, 2.75) is 6.92 Å². The lowest BCUT2D eigenvalue weighted by Crippen LogP contribution is -2.34. The van der Waals surface area contributed by atoms with E-state index in [1.165, 1.54) is 12.1 Å². The molecule has 1 fully saturated rings. The van der Waals surface area contributed by atoms with E-state index in [-0.39, 0.29) is 10.6 Å². The average molecular weight is 248 g/mol. The van der Waals surface area contributed by atoms with E-state index in [9.17, 15) is 10.1 Å². The van der Waals surface area contributed by atoms with Gasteiger partial charge in [0.05, 0.1) is 18.1 Å². The van der Waals surface area contributed by atoms with Gasteiger partial charge < -0.3 is 9.64 Å². The zero-order valence-corrected chi connectivity index (χ0v) is 10.3. The molecule has 1 aliphatic rings. The van der Waals surface area contributed by atoms with Gasteiger partial charge in [-0.2, -0.15) is 0 Å². The number of ether oxygens (including phenoxy) is 1. The number of morpholine rings is 1. The van der Waals surface area contributed by atoms with Crippen molar-refractivity contribution < 1.29 is 9.66 Å². The fraction of sp³-hybridized carbons (Fsp3) is 0.385. The molecule has 0 aliphatic carbocycles. The van der Waals surface area contributed by atoms with E-state index in [0.717, 1.165) is 37.6 Å². The van der Waals surface area contributed by atoms with Crippen molar-refractivity contribution in [3.63, 3.8) is 0 Å². The lowest BCUT2D eigenvalue weighted by molar-refractivity contribution is -0.384. The first-order valence-corrected chi connectivity index (χ1v) is 5.92. The van der Waals surface area contributed by atoms with Crippen LogP contribution in [0, 0.1) is 10.1 Å². The molecule has 1 saturated heterocycles. The van der Waals surface area contributed by atoms with Gasteiger partial charge in [0.15, 0.2) is 0 Å².